The fourth-order valence-electron chi connectivity index (χ4n) is 3.02. The van der Waals surface area contributed by atoms with Crippen LogP contribution in [0.1, 0.15) is 47.8 Å². The lowest BCUT2D eigenvalue weighted by molar-refractivity contribution is 0.0242. The maximum absolute atomic E-state index is 13.0. The number of amides is 1. The molecule has 1 amide bonds. The maximum atomic E-state index is 13.0. The molecule has 0 aromatic heterocycles. The summed E-state index contributed by atoms with van der Waals surface area (Å²) in [6, 6.07) is 8.42. The number of benzene rings is 2. The Balaban J connectivity index is 1.85. The van der Waals surface area contributed by atoms with Crippen molar-refractivity contribution in [3.05, 3.63) is 62.6 Å². The normalized spacial score (nSPS) is 13.3. The summed E-state index contributed by atoms with van der Waals surface area (Å²) in [6.45, 7) is 6.33. The van der Waals surface area contributed by atoms with Crippen molar-refractivity contribution in [1.82, 2.24) is 4.90 Å². The second-order valence-electron chi connectivity index (χ2n) is 7.62. The van der Waals surface area contributed by atoms with Crippen LogP contribution >= 0.6 is 23.2 Å². The van der Waals surface area contributed by atoms with Gasteiger partial charge in [0.25, 0.3) is 0 Å². The summed E-state index contributed by atoms with van der Waals surface area (Å²) in [6.07, 6.45) is -0.372. The number of rotatable bonds is 3. The number of carbonyl (C=O) groups is 2. The zero-order valence-corrected chi connectivity index (χ0v) is 17.6. The molecule has 1 heterocycles. The number of ketones is 1. The van der Waals surface area contributed by atoms with Gasteiger partial charge in [-0.25, -0.2) is 4.79 Å². The third-order valence-corrected chi connectivity index (χ3v) is 5.05. The Morgan fingerprint density at radius 2 is 1.64 bits per heavy atom. The summed E-state index contributed by atoms with van der Waals surface area (Å²) in [5.41, 5.74) is 2.16. The first-order chi connectivity index (χ1) is 13.1. The first-order valence-electron chi connectivity index (χ1n) is 8.76. The predicted octanol–water partition coefficient (Wildman–Crippen LogP) is 5.48. The van der Waals surface area contributed by atoms with E-state index in [0.29, 0.717) is 35.0 Å². The Morgan fingerprint density at radius 3 is 2.29 bits per heavy atom. The Bertz CT molecular complexity index is 950. The van der Waals surface area contributed by atoms with Gasteiger partial charge < -0.3 is 9.47 Å². The Labute approximate surface area is 174 Å². The van der Waals surface area contributed by atoms with Gasteiger partial charge in [0, 0.05) is 24.7 Å². The summed E-state index contributed by atoms with van der Waals surface area (Å²) in [5, 5.41) is 0.597. The minimum atomic E-state index is -0.558. The molecule has 148 valence electrons. The second kappa shape index (κ2) is 7.64. The highest BCUT2D eigenvalue weighted by atomic mass is 35.5. The highest BCUT2D eigenvalue weighted by Crippen LogP contribution is 2.33. The number of fused-ring (bicyclic) bond motifs is 1. The molecule has 3 rings (SSSR count). The van der Waals surface area contributed by atoms with Gasteiger partial charge in [0.1, 0.15) is 11.4 Å². The van der Waals surface area contributed by atoms with Gasteiger partial charge in [0.05, 0.1) is 22.7 Å². The third kappa shape index (κ3) is 4.26. The molecule has 28 heavy (non-hydrogen) atoms. The fraction of sp³-hybridized carbons (Fsp3) is 0.333. The van der Waals surface area contributed by atoms with E-state index < -0.39 is 5.60 Å². The van der Waals surface area contributed by atoms with E-state index in [1.165, 1.54) is 19.2 Å². The van der Waals surface area contributed by atoms with Crippen LogP contribution in [0.4, 0.5) is 4.79 Å². The molecule has 0 spiro atoms. The van der Waals surface area contributed by atoms with Crippen molar-refractivity contribution < 1.29 is 19.1 Å². The lowest BCUT2D eigenvalue weighted by Crippen LogP contribution is -2.33. The van der Waals surface area contributed by atoms with E-state index in [1.54, 1.807) is 17.0 Å². The third-order valence-electron chi connectivity index (χ3n) is 4.33. The Kier molecular flexibility index (Phi) is 5.60. The minimum Gasteiger partial charge on any atom is -0.496 e. The molecule has 0 saturated heterocycles. The van der Waals surface area contributed by atoms with Crippen LogP contribution in [0.2, 0.25) is 10.0 Å². The molecule has 0 aliphatic carbocycles. The average molecular weight is 422 g/mol. The van der Waals surface area contributed by atoms with Crippen molar-refractivity contribution in [3.8, 4) is 5.75 Å². The monoisotopic (exact) mass is 421 g/mol. The molecule has 0 saturated carbocycles. The van der Waals surface area contributed by atoms with Crippen molar-refractivity contribution in [1.29, 1.82) is 0 Å². The number of nitrogens with zero attached hydrogens (tertiary/aromatic N) is 1. The van der Waals surface area contributed by atoms with Gasteiger partial charge in [0.15, 0.2) is 5.78 Å². The maximum Gasteiger partial charge on any atom is 0.410 e. The zero-order chi connectivity index (χ0) is 20.6. The van der Waals surface area contributed by atoms with Crippen molar-refractivity contribution in [2.75, 3.05) is 7.11 Å². The molecule has 0 N–H and O–H groups in total. The van der Waals surface area contributed by atoms with Gasteiger partial charge in [-0.2, -0.15) is 0 Å². The summed E-state index contributed by atoms with van der Waals surface area (Å²) >= 11 is 12.1. The van der Waals surface area contributed by atoms with E-state index in [-0.39, 0.29) is 16.9 Å². The average Bonchev–Trinajstić information content (AvgIpc) is 3.05. The SMILES string of the molecule is COc1cc(Cl)c(Cl)cc1C(=O)c1ccc2c(c1)CN(C(=O)OC(C)(C)C)C2. The molecule has 0 radical (unpaired) electrons. The van der Waals surface area contributed by atoms with E-state index in [0.717, 1.165) is 11.1 Å². The van der Waals surface area contributed by atoms with Crippen LogP contribution in [0.5, 0.6) is 5.75 Å². The van der Waals surface area contributed by atoms with E-state index in [4.69, 9.17) is 32.7 Å². The summed E-state index contributed by atoms with van der Waals surface area (Å²) in [5.74, 6) is 0.129. The molecule has 1 aliphatic rings. The molecule has 0 fully saturated rings. The van der Waals surface area contributed by atoms with Gasteiger partial charge in [-0.05, 0) is 44.0 Å². The van der Waals surface area contributed by atoms with Gasteiger partial charge in [-0.15, -0.1) is 0 Å². The number of ether oxygens (including phenoxy) is 2. The number of methoxy groups -OCH3 is 1. The van der Waals surface area contributed by atoms with E-state index in [2.05, 4.69) is 0 Å². The van der Waals surface area contributed by atoms with Gasteiger partial charge in [-0.1, -0.05) is 35.3 Å². The van der Waals surface area contributed by atoms with E-state index in [9.17, 15) is 9.59 Å². The zero-order valence-electron chi connectivity index (χ0n) is 16.1. The number of hydrogen-bond donors (Lipinski definition) is 0. The van der Waals surface area contributed by atoms with Crippen LogP contribution in [-0.2, 0) is 17.8 Å². The molecule has 0 atom stereocenters. The van der Waals surface area contributed by atoms with Crippen molar-refractivity contribution in [2.24, 2.45) is 0 Å². The standard InChI is InChI=1S/C21H21Cl2NO4/c1-21(2,3)28-20(26)24-10-13-6-5-12(7-14(13)11-24)19(25)15-8-16(22)17(23)9-18(15)27-4/h5-9H,10-11H2,1-4H3. The molecule has 0 bridgehead atoms. The van der Waals surface area contributed by atoms with Crippen molar-refractivity contribution >= 4 is 35.1 Å². The van der Waals surface area contributed by atoms with Gasteiger partial charge in [0.2, 0.25) is 0 Å². The molecule has 5 nitrogen and oxygen atoms in total. The Hall–Kier alpha value is -2.24. The smallest absolute Gasteiger partial charge is 0.410 e. The first kappa shape index (κ1) is 20.5. The Morgan fingerprint density at radius 1 is 1.00 bits per heavy atom. The van der Waals surface area contributed by atoms with Crippen molar-refractivity contribution in [2.45, 2.75) is 39.5 Å². The van der Waals surface area contributed by atoms with E-state index in [1.807, 2.05) is 26.8 Å². The number of hydrogen-bond acceptors (Lipinski definition) is 4. The molecule has 0 unspecified atom stereocenters. The van der Waals surface area contributed by atoms with Crippen molar-refractivity contribution in [3.63, 3.8) is 0 Å². The summed E-state index contributed by atoms with van der Waals surface area (Å²) in [7, 11) is 1.47. The number of halogens is 2. The second-order valence-corrected chi connectivity index (χ2v) is 8.43. The van der Waals surface area contributed by atoms with E-state index >= 15 is 0 Å². The first-order valence-corrected chi connectivity index (χ1v) is 9.52. The van der Waals surface area contributed by atoms with Gasteiger partial charge >= 0.3 is 6.09 Å². The molecule has 2 aromatic carbocycles. The van der Waals surface area contributed by atoms with Crippen LogP contribution in [0.15, 0.2) is 30.3 Å². The van der Waals surface area contributed by atoms with Crippen LogP contribution in [-0.4, -0.2) is 29.5 Å². The lowest BCUT2D eigenvalue weighted by Gasteiger charge is -2.24. The molecular formula is C21H21Cl2NO4. The highest BCUT2D eigenvalue weighted by Gasteiger charge is 2.28. The van der Waals surface area contributed by atoms with Crippen LogP contribution in [0, 0.1) is 0 Å². The van der Waals surface area contributed by atoms with Crippen LogP contribution < -0.4 is 4.74 Å². The van der Waals surface area contributed by atoms with Crippen LogP contribution in [0.25, 0.3) is 0 Å². The summed E-state index contributed by atoms with van der Waals surface area (Å²) < 4.78 is 10.7. The topological polar surface area (TPSA) is 55.8 Å². The highest BCUT2D eigenvalue weighted by molar-refractivity contribution is 6.42. The lowest BCUT2D eigenvalue weighted by atomic mass is 9.99. The largest absolute Gasteiger partial charge is 0.496 e. The van der Waals surface area contributed by atoms with Crippen LogP contribution in [0.3, 0.4) is 0 Å². The number of carbonyl (C=O) groups excluding carboxylic acids is 2. The fourth-order valence-corrected chi connectivity index (χ4v) is 3.34. The van der Waals surface area contributed by atoms with Gasteiger partial charge in [-0.3, -0.25) is 9.69 Å². The molecule has 2 aromatic rings. The predicted molar refractivity (Wildman–Crippen MR) is 108 cm³/mol. The molecule has 7 heteroatoms. The molecule has 1 aliphatic heterocycles. The minimum absolute atomic E-state index is 0.228. The molecular weight excluding hydrogens is 401 g/mol. The quantitative estimate of drug-likeness (QED) is 0.615. The summed E-state index contributed by atoms with van der Waals surface area (Å²) in [4.78, 5) is 26.9.